The van der Waals surface area contributed by atoms with Crippen molar-refractivity contribution in [3.63, 3.8) is 0 Å². The van der Waals surface area contributed by atoms with Gasteiger partial charge >= 0.3 is 0 Å². The number of rotatable bonds is 8. The fourth-order valence-electron chi connectivity index (χ4n) is 8.03. The summed E-state index contributed by atoms with van der Waals surface area (Å²) in [5, 5.41) is 14.7. The molecule has 7 rings (SSSR count). The Hall–Kier alpha value is -4.12. The van der Waals surface area contributed by atoms with Gasteiger partial charge in [0, 0.05) is 59.1 Å². The van der Waals surface area contributed by atoms with Crippen LogP contribution >= 0.6 is 0 Å². The summed E-state index contributed by atoms with van der Waals surface area (Å²) in [7, 11) is 0. The molecule has 53 heavy (non-hydrogen) atoms. The Labute approximate surface area is 327 Å². The topological polar surface area (TPSA) is 63.3 Å². The van der Waals surface area contributed by atoms with Crippen LogP contribution in [-0.2, 0) is 30.3 Å². The predicted octanol–water partition coefficient (Wildman–Crippen LogP) is 13.4. The van der Waals surface area contributed by atoms with Crippen molar-refractivity contribution in [3.8, 4) is 22.4 Å². The Kier molecular flexibility index (Phi) is 11.3. The van der Waals surface area contributed by atoms with Gasteiger partial charge in [0.15, 0.2) is 5.78 Å². The number of hydrogen-bond acceptors (Lipinski definition) is 4. The largest absolute Gasteiger partial charge is 0.511 e. The van der Waals surface area contributed by atoms with E-state index in [9.17, 15) is 14.3 Å². The number of aliphatic hydroxyl groups excluding tert-OH is 1. The number of aliphatic hydroxyl groups is 1. The van der Waals surface area contributed by atoms with E-state index < -0.39 is 0 Å². The first-order valence-corrected chi connectivity index (χ1v) is 18.7. The van der Waals surface area contributed by atoms with Gasteiger partial charge in [-0.05, 0) is 84.0 Å². The van der Waals surface area contributed by atoms with Crippen molar-refractivity contribution in [1.29, 1.82) is 0 Å². The average Bonchev–Trinajstić information content (AvgIpc) is 3.65. The molecule has 2 heterocycles. The van der Waals surface area contributed by atoms with E-state index in [0.717, 1.165) is 91.9 Å². The quantitative estimate of drug-likeness (QED) is 0.0939. The molecular weight excluding hydrogens is 838 g/mol. The van der Waals surface area contributed by atoms with E-state index in [0.29, 0.717) is 11.1 Å². The van der Waals surface area contributed by atoms with E-state index in [1.807, 2.05) is 64.2 Å². The molecule has 2 aromatic heterocycles. The summed E-state index contributed by atoms with van der Waals surface area (Å²) in [6, 6.07) is 25.3. The number of ketones is 1. The van der Waals surface area contributed by atoms with Gasteiger partial charge in [-0.2, -0.15) is 0 Å². The van der Waals surface area contributed by atoms with Crippen molar-refractivity contribution in [2.45, 2.75) is 100 Å². The summed E-state index contributed by atoms with van der Waals surface area (Å²) in [5.74, 6) is 0.206. The minimum Gasteiger partial charge on any atom is -0.511 e. The van der Waals surface area contributed by atoms with Crippen LogP contribution in [0.15, 0.2) is 88.7 Å². The van der Waals surface area contributed by atoms with Gasteiger partial charge in [0.05, 0.1) is 5.58 Å². The van der Waals surface area contributed by atoms with Gasteiger partial charge in [0.1, 0.15) is 17.2 Å². The Bertz CT molecular complexity index is 2380. The molecule has 0 spiro atoms. The van der Waals surface area contributed by atoms with Crippen molar-refractivity contribution in [2.24, 2.45) is 10.8 Å². The molecule has 0 bridgehead atoms. The number of carbonyl (C=O) groups is 1. The van der Waals surface area contributed by atoms with Crippen molar-refractivity contribution >= 4 is 38.5 Å². The average molecular weight is 889 g/mol. The number of halogens is 1. The van der Waals surface area contributed by atoms with Crippen LogP contribution in [0.25, 0.3) is 55.1 Å². The van der Waals surface area contributed by atoms with Crippen LogP contribution in [0.5, 0.6) is 0 Å². The molecule has 1 N–H and O–H groups in total. The zero-order chi connectivity index (χ0) is 37.7. The van der Waals surface area contributed by atoms with Gasteiger partial charge in [-0.3, -0.25) is 4.79 Å². The molecule has 6 aromatic rings. The number of furan rings is 1. The Morgan fingerprint density at radius 1 is 0.868 bits per heavy atom. The third-order valence-corrected chi connectivity index (χ3v) is 12.2. The molecule has 0 saturated carbocycles. The van der Waals surface area contributed by atoms with Gasteiger partial charge < -0.3 is 14.5 Å². The summed E-state index contributed by atoms with van der Waals surface area (Å²) in [5.41, 5.74) is 7.81. The fourth-order valence-corrected chi connectivity index (χ4v) is 8.03. The normalized spacial score (nSPS) is 13.9. The second-order valence-electron chi connectivity index (χ2n) is 15.5. The summed E-state index contributed by atoms with van der Waals surface area (Å²) in [6.07, 6.45) is 5.14. The minimum absolute atomic E-state index is 0. The fraction of sp³-hybridized carbons (Fsp3) is 0.362. The maximum Gasteiger partial charge on any atom is 0.167 e. The molecule has 1 radical (unpaired) electrons. The van der Waals surface area contributed by atoms with Gasteiger partial charge in [-0.1, -0.05) is 116 Å². The van der Waals surface area contributed by atoms with Gasteiger partial charge in [-0.25, -0.2) is 4.39 Å². The maximum atomic E-state index is 14.9. The number of carbonyl (C=O) groups excluding carboxylic acids is 1. The number of nitrogens with zero attached hydrogens (tertiary/aromatic N) is 1. The summed E-state index contributed by atoms with van der Waals surface area (Å²) in [4.78, 5) is 17.3. The molecule has 279 valence electrons. The number of Topliss-reactive ketones (excluding diaryl/α,β-unsaturated/α-hetero) is 1. The zero-order valence-electron chi connectivity index (χ0n) is 32.7. The molecule has 0 saturated heterocycles. The number of aromatic nitrogens is 1. The molecule has 0 amide bonds. The monoisotopic (exact) mass is 889 g/mol. The van der Waals surface area contributed by atoms with E-state index in [1.54, 1.807) is 19.1 Å². The molecule has 1 aliphatic rings. The molecule has 4 aromatic carbocycles. The van der Waals surface area contributed by atoms with E-state index in [-0.39, 0.29) is 53.7 Å². The standard InChI is InChI=1S/C31H21FNO.C16H30O2.Ir/c1-17-15-22-18-7-4-5-10-26(18)34-30(22)23(16-17)29-20-11-12-21-27-24(8-6-9-25(27)32)31(2,3)28(21)19(20)13-14-33-29;1-8-15(6,9-2)13(17)12(5)14(18)16(7,10-3)11-4;/h4-15H,1-3H3;17H,8-11H2,1-7H3;/q-1;;/b;13-12-;. The van der Waals surface area contributed by atoms with Gasteiger partial charge in [0.25, 0.3) is 0 Å². The van der Waals surface area contributed by atoms with E-state index in [2.05, 4.69) is 65.0 Å². The van der Waals surface area contributed by atoms with Crippen molar-refractivity contribution in [1.82, 2.24) is 4.98 Å². The SMILES string of the molecule is CCC(C)(CC)C(=O)/C(C)=C(\O)C(C)(CC)CC.Cc1[c-]c(-c2nccc3c4c(ccc23)-c2c(F)cccc2C4(C)C)c2oc3ccccc3c2c1.[Ir]. The van der Waals surface area contributed by atoms with E-state index in [4.69, 9.17) is 9.40 Å². The number of hydrogen-bond donors (Lipinski definition) is 1. The predicted molar refractivity (Wildman–Crippen MR) is 213 cm³/mol. The second-order valence-corrected chi connectivity index (χ2v) is 15.5. The maximum absolute atomic E-state index is 14.9. The molecule has 4 nitrogen and oxygen atoms in total. The van der Waals surface area contributed by atoms with Crippen LogP contribution in [-0.4, -0.2) is 15.9 Å². The smallest absolute Gasteiger partial charge is 0.167 e. The van der Waals surface area contributed by atoms with Crippen LogP contribution in [0, 0.1) is 29.6 Å². The third-order valence-electron chi connectivity index (χ3n) is 12.2. The number of para-hydroxylation sites is 1. The number of fused-ring (bicyclic) bond motifs is 8. The van der Waals surface area contributed by atoms with E-state index >= 15 is 0 Å². The molecule has 1 aliphatic carbocycles. The first-order valence-electron chi connectivity index (χ1n) is 18.7. The first kappa shape index (κ1) is 40.1. The number of benzene rings is 4. The number of aryl methyl sites for hydroxylation is 1. The molecule has 6 heteroatoms. The summed E-state index contributed by atoms with van der Waals surface area (Å²) in [6.45, 7) is 20.3. The van der Waals surface area contributed by atoms with Crippen LogP contribution in [0.2, 0.25) is 0 Å². The molecular formula is C47H51FIrNO3-. The van der Waals surface area contributed by atoms with Crippen LogP contribution in [0.4, 0.5) is 4.39 Å². The number of allylic oxidation sites excluding steroid dienone is 2. The third kappa shape index (κ3) is 6.57. The Morgan fingerprint density at radius 2 is 1.53 bits per heavy atom. The molecule has 0 fully saturated rings. The number of pyridine rings is 1. The van der Waals surface area contributed by atoms with Crippen molar-refractivity contribution < 1.29 is 38.8 Å². The molecule has 0 aliphatic heterocycles. The van der Waals surface area contributed by atoms with Crippen molar-refractivity contribution in [3.05, 3.63) is 113 Å². The zero-order valence-corrected chi connectivity index (χ0v) is 35.1. The van der Waals surface area contributed by atoms with Gasteiger partial charge in [-0.15, -0.1) is 17.7 Å². The van der Waals surface area contributed by atoms with Crippen LogP contribution in [0.1, 0.15) is 105 Å². The summed E-state index contributed by atoms with van der Waals surface area (Å²) >= 11 is 0. The van der Waals surface area contributed by atoms with Crippen LogP contribution < -0.4 is 0 Å². The molecule has 0 unspecified atom stereocenters. The van der Waals surface area contributed by atoms with Crippen LogP contribution in [0.3, 0.4) is 0 Å². The first-order chi connectivity index (χ1) is 24.7. The van der Waals surface area contributed by atoms with E-state index in [1.165, 1.54) is 0 Å². The Balaban J connectivity index is 0.000000246. The Morgan fingerprint density at radius 3 is 2.19 bits per heavy atom. The van der Waals surface area contributed by atoms with Gasteiger partial charge in [0.2, 0.25) is 0 Å². The second kappa shape index (κ2) is 15.0. The molecule has 0 atom stereocenters. The van der Waals surface area contributed by atoms with Crippen molar-refractivity contribution in [2.75, 3.05) is 0 Å². The minimum atomic E-state index is -0.347. The summed E-state index contributed by atoms with van der Waals surface area (Å²) < 4.78 is 21.3.